The molecular formula is C10H18Cl2N2. The highest BCUT2D eigenvalue weighted by Gasteiger charge is 2.04. The van der Waals surface area contributed by atoms with Crippen molar-refractivity contribution in [3.63, 3.8) is 0 Å². The van der Waals surface area contributed by atoms with Gasteiger partial charge in [0.2, 0.25) is 0 Å². The third kappa shape index (κ3) is 3.28. The zero-order valence-corrected chi connectivity index (χ0v) is 10.6. The molecule has 1 rings (SSSR count). The molecule has 0 amide bonds. The van der Waals surface area contributed by atoms with Crippen LogP contribution in [0.4, 0.5) is 11.4 Å². The molecule has 82 valence electrons. The fraction of sp³-hybridized carbons (Fsp3) is 0.400. The van der Waals surface area contributed by atoms with Crippen molar-refractivity contribution in [2.45, 2.75) is 13.8 Å². The molecule has 0 aliphatic rings. The molecule has 0 atom stereocenters. The van der Waals surface area contributed by atoms with Gasteiger partial charge in [-0.15, -0.1) is 24.8 Å². The van der Waals surface area contributed by atoms with Crippen molar-refractivity contribution >= 4 is 36.2 Å². The van der Waals surface area contributed by atoms with E-state index in [1.807, 2.05) is 25.9 Å². The maximum absolute atomic E-state index is 5.91. The highest BCUT2D eigenvalue weighted by molar-refractivity contribution is 5.85. The van der Waals surface area contributed by atoms with Gasteiger partial charge < -0.3 is 10.6 Å². The van der Waals surface area contributed by atoms with E-state index in [9.17, 15) is 0 Å². The highest BCUT2D eigenvalue weighted by Crippen LogP contribution is 2.26. The number of aryl methyl sites for hydroxylation is 2. The molecule has 0 unspecified atom stereocenters. The Kier molecular flexibility index (Phi) is 6.79. The molecule has 0 radical (unpaired) electrons. The van der Waals surface area contributed by atoms with E-state index < -0.39 is 0 Å². The van der Waals surface area contributed by atoms with Crippen molar-refractivity contribution in [3.8, 4) is 0 Å². The molecule has 1 aromatic carbocycles. The van der Waals surface area contributed by atoms with E-state index in [0.29, 0.717) is 0 Å². The van der Waals surface area contributed by atoms with Gasteiger partial charge in [0.1, 0.15) is 0 Å². The summed E-state index contributed by atoms with van der Waals surface area (Å²) in [4.78, 5) is 2.04. The summed E-state index contributed by atoms with van der Waals surface area (Å²) in [6, 6.07) is 4.20. The molecule has 4 heteroatoms. The number of hydrogen-bond donors (Lipinski definition) is 1. The summed E-state index contributed by atoms with van der Waals surface area (Å²) in [6.45, 7) is 4.12. The van der Waals surface area contributed by atoms with Crippen LogP contribution in [0.25, 0.3) is 0 Å². The summed E-state index contributed by atoms with van der Waals surface area (Å²) in [6.07, 6.45) is 0. The molecule has 0 heterocycles. The van der Waals surface area contributed by atoms with E-state index in [4.69, 9.17) is 5.73 Å². The predicted octanol–water partition coefficient (Wildman–Crippen LogP) is 2.80. The lowest BCUT2D eigenvalue weighted by molar-refractivity contribution is 1.12. The van der Waals surface area contributed by atoms with Gasteiger partial charge >= 0.3 is 0 Å². The largest absolute Gasteiger partial charge is 0.397 e. The first-order chi connectivity index (χ1) is 5.52. The highest BCUT2D eigenvalue weighted by atomic mass is 35.5. The number of nitrogen functional groups attached to an aromatic ring is 1. The lowest BCUT2D eigenvalue weighted by atomic mass is 10.1. The zero-order chi connectivity index (χ0) is 9.30. The van der Waals surface area contributed by atoms with Crippen molar-refractivity contribution in [2.24, 2.45) is 0 Å². The van der Waals surface area contributed by atoms with Crippen molar-refractivity contribution in [2.75, 3.05) is 24.7 Å². The topological polar surface area (TPSA) is 29.3 Å². The SMILES string of the molecule is Cc1cc(C)c(N)c(N(C)C)c1.Cl.Cl. The van der Waals surface area contributed by atoms with Crippen LogP contribution in [0.2, 0.25) is 0 Å². The number of hydrogen-bond acceptors (Lipinski definition) is 2. The van der Waals surface area contributed by atoms with Crippen LogP contribution in [0.15, 0.2) is 12.1 Å². The Morgan fingerprint density at radius 1 is 1.07 bits per heavy atom. The molecule has 1 aromatic rings. The first-order valence-electron chi connectivity index (χ1n) is 4.06. The average Bonchev–Trinajstić information content (AvgIpc) is 1.96. The number of nitrogens with zero attached hydrogens (tertiary/aromatic N) is 1. The Bertz CT molecular complexity index is 298. The van der Waals surface area contributed by atoms with Gasteiger partial charge in [-0.25, -0.2) is 0 Å². The van der Waals surface area contributed by atoms with Gasteiger partial charge in [0.05, 0.1) is 11.4 Å². The number of benzene rings is 1. The first kappa shape index (κ1) is 15.9. The van der Waals surface area contributed by atoms with Crippen LogP contribution < -0.4 is 10.6 Å². The summed E-state index contributed by atoms with van der Waals surface area (Å²) in [5.74, 6) is 0. The normalized spacial score (nSPS) is 8.57. The number of nitrogens with two attached hydrogens (primary N) is 1. The molecule has 0 spiro atoms. The molecule has 0 aromatic heterocycles. The number of halogens is 2. The Morgan fingerprint density at radius 3 is 2.00 bits per heavy atom. The van der Waals surface area contributed by atoms with Crippen molar-refractivity contribution in [3.05, 3.63) is 23.3 Å². The third-order valence-electron chi connectivity index (χ3n) is 1.99. The molecule has 2 nitrogen and oxygen atoms in total. The molecule has 0 saturated carbocycles. The van der Waals surface area contributed by atoms with E-state index >= 15 is 0 Å². The monoisotopic (exact) mass is 236 g/mol. The smallest absolute Gasteiger partial charge is 0.0600 e. The molecule has 2 N–H and O–H groups in total. The van der Waals surface area contributed by atoms with Gasteiger partial charge in [0.15, 0.2) is 0 Å². The second kappa shape index (κ2) is 5.99. The van der Waals surface area contributed by atoms with Gasteiger partial charge in [-0.3, -0.25) is 0 Å². The molecule has 0 aliphatic carbocycles. The van der Waals surface area contributed by atoms with Gasteiger partial charge in [-0.2, -0.15) is 0 Å². The summed E-state index contributed by atoms with van der Waals surface area (Å²) >= 11 is 0. The van der Waals surface area contributed by atoms with E-state index in [0.717, 1.165) is 16.9 Å². The van der Waals surface area contributed by atoms with Crippen LogP contribution in [0.5, 0.6) is 0 Å². The molecule has 0 aliphatic heterocycles. The van der Waals surface area contributed by atoms with Gasteiger partial charge in [-0.05, 0) is 31.0 Å². The lowest BCUT2D eigenvalue weighted by Gasteiger charge is -2.17. The first-order valence-corrected chi connectivity index (χ1v) is 4.06. The molecule has 14 heavy (non-hydrogen) atoms. The van der Waals surface area contributed by atoms with Crippen molar-refractivity contribution in [1.29, 1.82) is 0 Å². The maximum Gasteiger partial charge on any atom is 0.0600 e. The maximum atomic E-state index is 5.91. The van der Waals surface area contributed by atoms with E-state index in [-0.39, 0.29) is 24.8 Å². The van der Waals surface area contributed by atoms with Gasteiger partial charge in [0.25, 0.3) is 0 Å². The van der Waals surface area contributed by atoms with Crippen LogP contribution in [-0.2, 0) is 0 Å². The van der Waals surface area contributed by atoms with Crippen molar-refractivity contribution < 1.29 is 0 Å². The van der Waals surface area contributed by atoms with Crippen molar-refractivity contribution in [1.82, 2.24) is 0 Å². The standard InChI is InChI=1S/C10H16N2.2ClH/c1-7-5-8(2)10(11)9(6-7)12(3)4;;/h5-6H,11H2,1-4H3;2*1H. The second-order valence-electron chi connectivity index (χ2n) is 3.41. The van der Waals surface area contributed by atoms with Gasteiger partial charge in [0, 0.05) is 14.1 Å². The average molecular weight is 237 g/mol. The van der Waals surface area contributed by atoms with E-state index in [1.54, 1.807) is 0 Å². The molecule has 0 fully saturated rings. The second-order valence-corrected chi connectivity index (χ2v) is 3.41. The summed E-state index contributed by atoms with van der Waals surface area (Å²) in [5, 5.41) is 0. The number of anilines is 2. The van der Waals surface area contributed by atoms with Crippen LogP contribution in [0.1, 0.15) is 11.1 Å². The Morgan fingerprint density at radius 2 is 1.57 bits per heavy atom. The predicted molar refractivity (Wildman–Crippen MR) is 69.2 cm³/mol. The fourth-order valence-corrected chi connectivity index (χ4v) is 1.33. The quantitative estimate of drug-likeness (QED) is 0.761. The van der Waals surface area contributed by atoms with Crippen LogP contribution in [-0.4, -0.2) is 14.1 Å². The number of rotatable bonds is 1. The van der Waals surface area contributed by atoms with Crippen LogP contribution in [0.3, 0.4) is 0 Å². The summed E-state index contributed by atoms with van der Waals surface area (Å²) in [7, 11) is 4.01. The minimum absolute atomic E-state index is 0. The Hall–Kier alpha value is -0.600. The minimum Gasteiger partial charge on any atom is -0.397 e. The van der Waals surface area contributed by atoms with Crippen LogP contribution >= 0.6 is 24.8 Å². The van der Waals surface area contributed by atoms with Crippen LogP contribution in [0, 0.1) is 13.8 Å². The summed E-state index contributed by atoms with van der Waals surface area (Å²) in [5.41, 5.74) is 10.3. The summed E-state index contributed by atoms with van der Waals surface area (Å²) < 4.78 is 0. The molecule has 0 saturated heterocycles. The Labute approximate surface area is 98.3 Å². The molecular weight excluding hydrogens is 219 g/mol. The lowest BCUT2D eigenvalue weighted by Crippen LogP contribution is -2.12. The van der Waals surface area contributed by atoms with Gasteiger partial charge in [-0.1, -0.05) is 6.07 Å². The fourth-order valence-electron chi connectivity index (χ4n) is 1.33. The zero-order valence-electron chi connectivity index (χ0n) is 9.00. The van der Waals surface area contributed by atoms with E-state index in [2.05, 4.69) is 19.1 Å². The Balaban J connectivity index is 0. The minimum atomic E-state index is 0. The van der Waals surface area contributed by atoms with E-state index in [1.165, 1.54) is 5.56 Å². The molecule has 0 bridgehead atoms. The third-order valence-corrected chi connectivity index (χ3v) is 1.99.